The summed E-state index contributed by atoms with van der Waals surface area (Å²) in [5.41, 5.74) is 1.63. The maximum Gasteiger partial charge on any atom is 0.315 e. The van der Waals surface area contributed by atoms with E-state index in [1.807, 2.05) is 18.8 Å². The molecule has 1 aromatic heterocycles. The number of unbranched alkanes of at least 4 members (excludes halogenated alkanes) is 2. The van der Waals surface area contributed by atoms with Gasteiger partial charge in [-0.15, -0.1) is 0 Å². The number of likely N-dealkylation sites (N-methyl/N-ethyl adjacent to an activating group) is 1. The number of rotatable bonds is 61. The van der Waals surface area contributed by atoms with Crippen molar-refractivity contribution >= 4 is 81.7 Å². The number of hydrogen-bond acceptors (Lipinski definition) is 24. The summed E-state index contributed by atoms with van der Waals surface area (Å²) in [6, 6.07) is 11.4. The summed E-state index contributed by atoms with van der Waals surface area (Å²) in [6.45, 7) is 12.2. The van der Waals surface area contributed by atoms with Gasteiger partial charge in [0.1, 0.15) is 36.3 Å². The van der Waals surface area contributed by atoms with Gasteiger partial charge in [0.2, 0.25) is 23.6 Å². The molecule has 2 aliphatic rings. The fourth-order valence-corrected chi connectivity index (χ4v) is 11.2. The van der Waals surface area contributed by atoms with Gasteiger partial charge in [0, 0.05) is 80.0 Å². The van der Waals surface area contributed by atoms with Gasteiger partial charge >= 0.3 is 6.03 Å². The zero-order valence-corrected chi connectivity index (χ0v) is 58.3. The van der Waals surface area contributed by atoms with E-state index in [0.29, 0.717) is 224 Å². The van der Waals surface area contributed by atoms with Gasteiger partial charge < -0.3 is 109 Å². The zero-order chi connectivity index (χ0) is 69.7. The molecule has 8 N–H and O–H groups in total. The molecule has 3 heterocycles. The van der Waals surface area contributed by atoms with Gasteiger partial charge in [0.25, 0.3) is 0 Å². The van der Waals surface area contributed by atoms with E-state index < -0.39 is 5.82 Å². The van der Waals surface area contributed by atoms with Crippen molar-refractivity contribution in [3.63, 3.8) is 0 Å². The van der Waals surface area contributed by atoms with Crippen LogP contribution in [0.3, 0.4) is 0 Å². The van der Waals surface area contributed by atoms with Gasteiger partial charge in [-0.1, -0.05) is 24.1 Å². The molecule has 98 heavy (non-hydrogen) atoms. The van der Waals surface area contributed by atoms with Crippen molar-refractivity contribution in [2.45, 2.75) is 75.1 Å². The molecule has 0 spiro atoms. The van der Waals surface area contributed by atoms with Crippen molar-refractivity contribution in [3.8, 4) is 5.75 Å². The summed E-state index contributed by atoms with van der Waals surface area (Å²) in [5, 5.41) is 24.1. The van der Waals surface area contributed by atoms with E-state index in [0.717, 1.165) is 44.4 Å². The van der Waals surface area contributed by atoms with Gasteiger partial charge in [0.05, 0.1) is 175 Å². The van der Waals surface area contributed by atoms with Gasteiger partial charge in [-0.05, 0) is 82.1 Å². The number of carbonyl (C=O) groups excluding carboxylic acids is 5. The lowest BCUT2D eigenvalue weighted by Crippen LogP contribution is -2.36. The molecule has 550 valence electrons. The number of ether oxygens (including phenoxy) is 13. The minimum Gasteiger partial charge on any atom is -0.495 e. The lowest BCUT2D eigenvalue weighted by Gasteiger charge is -2.16. The van der Waals surface area contributed by atoms with Crippen molar-refractivity contribution in [3.05, 3.63) is 71.8 Å². The summed E-state index contributed by atoms with van der Waals surface area (Å²) in [7, 11) is 3.49. The second-order valence-corrected chi connectivity index (χ2v) is 24.0. The number of amides is 6. The molecule has 29 nitrogen and oxygen atoms in total. The summed E-state index contributed by atoms with van der Waals surface area (Å²) in [6.07, 6.45) is 10.5. The van der Waals surface area contributed by atoms with Gasteiger partial charge in [0.15, 0.2) is 0 Å². The standard InChI is InChI=1S/C66H103ClFN11O18S/c1-79(22-8-13-64(83)75-52-15-17-57(85-2)55(46-52)76-60-47-59(72-49-73-60)74-51-14-16-54(68)53(67)45-51)21-6-5-18-69-62(81)11-7-12-63(82)71-20-24-87-25-27-88-29-30-89-31-32-90-33-34-91-35-36-92-37-38-93-39-40-95-42-44-97-50-96-43-41-94-28-26-86-23-19-70-61(80)10-4-3-9-58-65-56(48-98-58)77-66(84)78-65/h8,13-17,45-47,49,56,58,65H,3-7,9-12,18-44,48,50H2,1-2H3,(H,69,81)(H,70,80)(H,71,82)(H,75,83)(H2,77,78,84)(H2,72,73,74,76). The second-order valence-electron chi connectivity index (χ2n) is 22.3. The van der Waals surface area contributed by atoms with Crippen molar-refractivity contribution < 1.29 is 89.9 Å². The number of benzene rings is 2. The van der Waals surface area contributed by atoms with Crippen LogP contribution >= 0.6 is 23.4 Å². The third-order valence-electron chi connectivity index (χ3n) is 14.5. The van der Waals surface area contributed by atoms with Crippen LogP contribution in [0.1, 0.15) is 57.8 Å². The van der Waals surface area contributed by atoms with Crippen LogP contribution in [0.5, 0.6) is 5.75 Å². The molecule has 6 amide bonds. The number of fused-ring (bicyclic) bond motifs is 1. The Morgan fingerprint density at radius 3 is 1.63 bits per heavy atom. The average molecular weight is 1430 g/mol. The number of anilines is 5. The Labute approximate surface area is 584 Å². The molecule has 3 aromatic rings. The Bertz CT molecular complexity index is 2730. The number of methoxy groups -OCH3 is 1. The first kappa shape index (κ1) is 82.5. The molecular formula is C66H103ClFN11O18S. The first-order chi connectivity index (χ1) is 47.9. The highest BCUT2D eigenvalue weighted by molar-refractivity contribution is 8.00. The van der Waals surface area contributed by atoms with Crippen LogP contribution in [0, 0.1) is 5.82 Å². The number of halogens is 2. The summed E-state index contributed by atoms with van der Waals surface area (Å²) >= 11 is 7.80. The van der Waals surface area contributed by atoms with Gasteiger partial charge in [-0.25, -0.2) is 19.2 Å². The highest BCUT2D eigenvalue weighted by Crippen LogP contribution is 2.34. The molecule has 2 aliphatic heterocycles. The molecule has 5 rings (SSSR count). The van der Waals surface area contributed by atoms with E-state index in [1.54, 1.807) is 36.4 Å². The van der Waals surface area contributed by atoms with E-state index in [1.165, 1.54) is 31.6 Å². The Morgan fingerprint density at radius 1 is 0.592 bits per heavy atom. The predicted octanol–water partition coefficient (Wildman–Crippen LogP) is 5.37. The maximum atomic E-state index is 13.6. The first-order valence-electron chi connectivity index (χ1n) is 33.5. The van der Waals surface area contributed by atoms with Gasteiger partial charge in [-0.2, -0.15) is 11.8 Å². The average Bonchev–Trinajstić information content (AvgIpc) is 1.65. The highest BCUT2D eigenvalue weighted by Gasteiger charge is 2.42. The molecule has 2 aromatic carbocycles. The number of nitrogens with zero attached hydrogens (tertiary/aromatic N) is 3. The third kappa shape index (κ3) is 39.6. The minimum atomic E-state index is -0.526. The highest BCUT2D eigenvalue weighted by atomic mass is 35.5. The molecule has 3 atom stereocenters. The number of thioether (sulfide) groups is 1. The topological polar surface area (TPSA) is 331 Å². The van der Waals surface area contributed by atoms with Crippen LogP contribution in [-0.4, -0.2) is 267 Å². The predicted molar refractivity (Wildman–Crippen MR) is 369 cm³/mol. The third-order valence-corrected chi connectivity index (χ3v) is 16.3. The number of aromatic nitrogens is 2. The lowest BCUT2D eigenvalue weighted by atomic mass is 10.0. The van der Waals surface area contributed by atoms with Crippen LogP contribution in [0.2, 0.25) is 5.02 Å². The van der Waals surface area contributed by atoms with E-state index in [9.17, 15) is 28.4 Å². The molecule has 2 saturated heterocycles. The fraction of sp³-hybridized carbons (Fsp3) is 0.652. The Morgan fingerprint density at radius 2 is 1.09 bits per heavy atom. The summed E-state index contributed by atoms with van der Waals surface area (Å²) in [4.78, 5) is 71.5. The molecule has 32 heteroatoms. The SMILES string of the molecule is COc1ccc(NC(=O)C=CCN(C)CCCCNC(=O)CCCC(=O)NCCOCCOCCOCCOCCOCCOCCOCCOCCOCOCCOCCOCCNC(=O)CCCCC2SCC3NC(=O)NC32)cc1Nc1cc(Nc2ccc(F)c(Cl)c2)ncn1. The Kier molecular flexibility index (Phi) is 45.2. The van der Waals surface area contributed by atoms with Crippen LogP contribution in [0.25, 0.3) is 0 Å². The monoisotopic (exact) mass is 1420 g/mol. The molecule has 2 fully saturated rings. The maximum absolute atomic E-state index is 13.6. The van der Waals surface area contributed by atoms with Crippen molar-refractivity contribution in [1.82, 2.24) is 41.5 Å². The van der Waals surface area contributed by atoms with Gasteiger partial charge in [-0.3, -0.25) is 19.2 Å². The number of urea groups is 1. The number of carbonyl (C=O) groups is 5. The first-order valence-corrected chi connectivity index (χ1v) is 34.9. The molecule has 3 unspecified atom stereocenters. The number of hydrogen-bond donors (Lipinski definition) is 8. The Hall–Kier alpha value is -6.14. The van der Waals surface area contributed by atoms with Crippen molar-refractivity contribution in [2.75, 3.05) is 221 Å². The van der Waals surface area contributed by atoms with E-state index in [-0.39, 0.29) is 66.4 Å². The van der Waals surface area contributed by atoms with Crippen LogP contribution < -0.4 is 47.3 Å². The largest absolute Gasteiger partial charge is 0.495 e. The zero-order valence-electron chi connectivity index (χ0n) is 56.7. The summed E-state index contributed by atoms with van der Waals surface area (Å²) in [5.74, 6) is 1.32. The molecule has 0 radical (unpaired) electrons. The smallest absolute Gasteiger partial charge is 0.315 e. The molecular weight excluding hydrogens is 1320 g/mol. The van der Waals surface area contributed by atoms with E-state index >= 15 is 0 Å². The lowest BCUT2D eigenvalue weighted by molar-refractivity contribution is -0.123. The van der Waals surface area contributed by atoms with Crippen LogP contribution in [0.15, 0.2) is 60.9 Å². The van der Waals surface area contributed by atoms with Crippen molar-refractivity contribution in [2.24, 2.45) is 0 Å². The second kappa shape index (κ2) is 53.7. The number of nitrogens with one attached hydrogen (secondary N) is 8. The van der Waals surface area contributed by atoms with E-state index in [4.69, 9.17) is 73.2 Å². The van der Waals surface area contributed by atoms with Crippen LogP contribution in [0.4, 0.5) is 37.9 Å². The minimum absolute atomic E-state index is 0.0196. The quantitative estimate of drug-likeness (QED) is 0.0152. The summed E-state index contributed by atoms with van der Waals surface area (Å²) < 4.78 is 85.1. The Balaban J connectivity index is 0.667. The van der Waals surface area contributed by atoms with E-state index in [2.05, 4.69) is 57.4 Å². The van der Waals surface area contributed by atoms with Crippen molar-refractivity contribution in [1.29, 1.82) is 0 Å². The normalized spacial score (nSPS) is 14.9. The molecule has 0 saturated carbocycles. The fourth-order valence-electron chi connectivity index (χ4n) is 9.44. The van der Waals surface area contributed by atoms with Crippen LogP contribution in [-0.2, 0) is 76.0 Å². The molecule has 0 aliphatic carbocycles. The molecule has 0 bridgehead atoms.